The van der Waals surface area contributed by atoms with E-state index in [9.17, 15) is 9.90 Å². The molecule has 2 heterocycles. The fourth-order valence-corrected chi connectivity index (χ4v) is 2.81. The lowest BCUT2D eigenvalue weighted by Gasteiger charge is -2.41. The standard InChI is InChI=1S/C15H17N5O2/c1-9-7-17-20(8-9)14-11(5-13(14)21)18-15(22)12-4-3-10(6-16)19(12)2/h3-4,7-8,11,13-14,21H,5H2,1-2H3,(H,18,22)/t11-,13+,14+/m0/s1. The second-order valence-corrected chi connectivity index (χ2v) is 5.65. The van der Waals surface area contributed by atoms with Gasteiger partial charge >= 0.3 is 0 Å². The van der Waals surface area contributed by atoms with Gasteiger partial charge in [-0.3, -0.25) is 9.48 Å². The molecule has 2 aromatic rings. The first kappa shape index (κ1) is 14.4. The van der Waals surface area contributed by atoms with E-state index in [4.69, 9.17) is 5.26 Å². The maximum Gasteiger partial charge on any atom is 0.268 e. The molecule has 0 aliphatic heterocycles. The minimum Gasteiger partial charge on any atom is -0.391 e. The summed E-state index contributed by atoms with van der Waals surface area (Å²) in [5, 5.41) is 26.0. The quantitative estimate of drug-likeness (QED) is 0.863. The number of hydrogen-bond acceptors (Lipinski definition) is 4. The van der Waals surface area contributed by atoms with E-state index < -0.39 is 6.10 Å². The minimum atomic E-state index is -0.521. The van der Waals surface area contributed by atoms with Gasteiger partial charge in [0.05, 0.1) is 24.4 Å². The van der Waals surface area contributed by atoms with Gasteiger partial charge in [-0.1, -0.05) is 0 Å². The molecule has 0 radical (unpaired) electrons. The van der Waals surface area contributed by atoms with Gasteiger partial charge < -0.3 is 15.0 Å². The fraction of sp³-hybridized carbons (Fsp3) is 0.400. The number of carbonyl (C=O) groups excluding carboxylic acids is 1. The van der Waals surface area contributed by atoms with Gasteiger partial charge in [0.15, 0.2) is 0 Å². The van der Waals surface area contributed by atoms with Crippen LogP contribution in [0.3, 0.4) is 0 Å². The molecule has 0 unspecified atom stereocenters. The zero-order valence-corrected chi connectivity index (χ0v) is 12.4. The molecule has 0 aromatic carbocycles. The molecular formula is C15H17N5O2. The van der Waals surface area contributed by atoms with Crippen molar-refractivity contribution >= 4 is 5.91 Å². The highest BCUT2D eigenvalue weighted by Crippen LogP contribution is 2.32. The lowest BCUT2D eigenvalue weighted by atomic mass is 9.83. The van der Waals surface area contributed by atoms with Crippen LogP contribution in [0.5, 0.6) is 0 Å². The number of aliphatic hydroxyl groups excluding tert-OH is 1. The number of rotatable bonds is 3. The maximum atomic E-state index is 12.3. The van der Waals surface area contributed by atoms with Crippen molar-refractivity contribution in [2.75, 3.05) is 0 Å². The number of aromatic nitrogens is 3. The van der Waals surface area contributed by atoms with Crippen molar-refractivity contribution in [2.45, 2.75) is 31.5 Å². The normalized spacial score (nSPS) is 23.6. The van der Waals surface area contributed by atoms with Gasteiger partial charge in [0, 0.05) is 13.2 Å². The van der Waals surface area contributed by atoms with Crippen molar-refractivity contribution in [2.24, 2.45) is 7.05 Å². The van der Waals surface area contributed by atoms with Gasteiger partial charge in [0.1, 0.15) is 17.5 Å². The zero-order valence-electron chi connectivity index (χ0n) is 12.4. The van der Waals surface area contributed by atoms with Crippen LogP contribution in [0.1, 0.15) is 34.2 Å². The van der Waals surface area contributed by atoms with Crippen LogP contribution < -0.4 is 5.32 Å². The predicted octanol–water partition coefficient (Wildman–Crippen LogP) is 0.506. The summed E-state index contributed by atoms with van der Waals surface area (Å²) in [4.78, 5) is 12.3. The Bertz CT molecular complexity index is 754. The molecule has 3 atom stereocenters. The number of nitrogens with one attached hydrogen (secondary N) is 1. The van der Waals surface area contributed by atoms with Crippen molar-refractivity contribution in [1.82, 2.24) is 19.7 Å². The summed E-state index contributed by atoms with van der Waals surface area (Å²) in [6.07, 6.45) is 3.54. The van der Waals surface area contributed by atoms with E-state index in [0.29, 0.717) is 17.8 Å². The summed E-state index contributed by atoms with van der Waals surface area (Å²) in [5.74, 6) is -0.255. The van der Waals surface area contributed by atoms with Crippen molar-refractivity contribution in [1.29, 1.82) is 5.26 Å². The van der Waals surface area contributed by atoms with E-state index in [1.54, 1.807) is 34.6 Å². The molecule has 1 aliphatic rings. The monoisotopic (exact) mass is 299 g/mol. The third-order valence-corrected chi connectivity index (χ3v) is 4.12. The molecule has 1 amide bonds. The van der Waals surface area contributed by atoms with Crippen molar-refractivity contribution in [3.8, 4) is 6.07 Å². The van der Waals surface area contributed by atoms with Gasteiger partial charge in [-0.2, -0.15) is 10.4 Å². The summed E-state index contributed by atoms with van der Waals surface area (Å²) in [6.45, 7) is 1.93. The zero-order chi connectivity index (χ0) is 15.9. The molecule has 7 heteroatoms. The number of aryl methyl sites for hydroxylation is 1. The van der Waals surface area contributed by atoms with E-state index >= 15 is 0 Å². The Kier molecular flexibility index (Phi) is 3.47. The lowest BCUT2D eigenvalue weighted by Crippen LogP contribution is -2.56. The first-order chi connectivity index (χ1) is 10.5. The molecule has 1 aliphatic carbocycles. The Morgan fingerprint density at radius 2 is 2.32 bits per heavy atom. The van der Waals surface area contributed by atoms with Gasteiger partial charge in [0.2, 0.25) is 0 Å². The van der Waals surface area contributed by atoms with Crippen LogP contribution in [0.25, 0.3) is 0 Å². The smallest absolute Gasteiger partial charge is 0.268 e. The van der Waals surface area contributed by atoms with Gasteiger partial charge in [0.25, 0.3) is 5.91 Å². The molecule has 0 saturated heterocycles. The molecule has 1 fully saturated rings. The second kappa shape index (κ2) is 5.31. The van der Waals surface area contributed by atoms with E-state index in [1.807, 2.05) is 19.2 Å². The highest BCUT2D eigenvalue weighted by molar-refractivity contribution is 5.93. The van der Waals surface area contributed by atoms with Gasteiger partial charge in [-0.05, 0) is 31.0 Å². The van der Waals surface area contributed by atoms with E-state index in [1.165, 1.54) is 0 Å². The molecule has 0 bridgehead atoms. The van der Waals surface area contributed by atoms with Crippen LogP contribution in [-0.4, -0.2) is 37.5 Å². The number of amides is 1. The number of carbonyl (C=O) groups is 1. The van der Waals surface area contributed by atoms with Crippen LogP contribution in [0, 0.1) is 18.3 Å². The van der Waals surface area contributed by atoms with Crippen molar-refractivity contribution < 1.29 is 9.90 Å². The number of nitrogens with zero attached hydrogens (tertiary/aromatic N) is 4. The molecule has 2 N–H and O–H groups in total. The van der Waals surface area contributed by atoms with E-state index in [-0.39, 0.29) is 18.0 Å². The maximum absolute atomic E-state index is 12.3. The average Bonchev–Trinajstić information content (AvgIpc) is 3.04. The predicted molar refractivity (Wildman–Crippen MR) is 78.0 cm³/mol. The van der Waals surface area contributed by atoms with E-state index in [0.717, 1.165) is 5.56 Å². The van der Waals surface area contributed by atoms with Crippen LogP contribution in [0.4, 0.5) is 0 Å². The third-order valence-electron chi connectivity index (χ3n) is 4.12. The molecule has 1 saturated carbocycles. The molecule has 2 aromatic heterocycles. The van der Waals surface area contributed by atoms with Crippen molar-refractivity contribution in [3.63, 3.8) is 0 Å². The Morgan fingerprint density at radius 1 is 1.55 bits per heavy atom. The van der Waals surface area contributed by atoms with Gasteiger partial charge in [-0.15, -0.1) is 0 Å². The number of aliphatic hydroxyl groups is 1. The Hall–Kier alpha value is -2.59. The summed E-state index contributed by atoms with van der Waals surface area (Å²) in [7, 11) is 1.68. The Labute approximate surface area is 127 Å². The van der Waals surface area contributed by atoms with Crippen LogP contribution >= 0.6 is 0 Å². The SMILES string of the molecule is Cc1cnn([C@H]2[C@H](O)C[C@@H]2NC(=O)c2ccc(C#N)n2C)c1. The fourth-order valence-electron chi connectivity index (χ4n) is 2.81. The van der Waals surface area contributed by atoms with Gasteiger partial charge in [-0.25, -0.2) is 0 Å². The van der Waals surface area contributed by atoms with Crippen LogP contribution in [0.2, 0.25) is 0 Å². The number of hydrogen-bond donors (Lipinski definition) is 2. The molecular weight excluding hydrogens is 282 g/mol. The topological polar surface area (TPSA) is 95.9 Å². The number of nitriles is 1. The summed E-state index contributed by atoms with van der Waals surface area (Å²) in [6, 6.07) is 4.82. The largest absolute Gasteiger partial charge is 0.391 e. The van der Waals surface area contributed by atoms with Crippen LogP contribution in [0.15, 0.2) is 24.5 Å². The molecule has 0 spiro atoms. The van der Waals surface area contributed by atoms with E-state index in [2.05, 4.69) is 10.4 Å². The molecule has 7 nitrogen and oxygen atoms in total. The molecule has 3 rings (SSSR count). The second-order valence-electron chi connectivity index (χ2n) is 5.65. The average molecular weight is 299 g/mol. The molecule has 22 heavy (non-hydrogen) atoms. The minimum absolute atomic E-state index is 0.178. The Balaban J connectivity index is 1.74. The molecule has 114 valence electrons. The first-order valence-corrected chi connectivity index (χ1v) is 7.06. The first-order valence-electron chi connectivity index (χ1n) is 7.06. The van der Waals surface area contributed by atoms with Crippen molar-refractivity contribution in [3.05, 3.63) is 41.5 Å². The highest BCUT2D eigenvalue weighted by Gasteiger charge is 2.43. The summed E-state index contributed by atoms with van der Waals surface area (Å²) >= 11 is 0. The summed E-state index contributed by atoms with van der Waals surface area (Å²) in [5.41, 5.74) is 1.86. The van der Waals surface area contributed by atoms with Crippen LogP contribution in [-0.2, 0) is 7.05 Å². The Morgan fingerprint density at radius 3 is 2.86 bits per heavy atom. The third kappa shape index (κ3) is 2.27. The highest BCUT2D eigenvalue weighted by atomic mass is 16.3. The lowest BCUT2D eigenvalue weighted by molar-refractivity contribution is -0.00601. The summed E-state index contributed by atoms with van der Waals surface area (Å²) < 4.78 is 3.25.